The number of carbonyl (C=O) groups is 1. The van der Waals surface area contributed by atoms with Crippen LogP contribution in [0, 0.1) is 0 Å². The number of carbonyl (C=O) groups excluding carboxylic acids is 1. The molecule has 0 aliphatic carbocycles. The first-order chi connectivity index (χ1) is 9.59. The number of benzene rings is 2. The van der Waals surface area contributed by atoms with Gasteiger partial charge in [0, 0.05) is 17.5 Å². The van der Waals surface area contributed by atoms with E-state index in [4.69, 9.17) is 16.3 Å². The molecule has 3 heteroatoms. The van der Waals surface area contributed by atoms with Gasteiger partial charge >= 0.3 is 5.97 Å². The molecule has 0 aliphatic heterocycles. The smallest absolute Gasteiger partial charge is 0.302 e. The van der Waals surface area contributed by atoms with Crippen LogP contribution in [0.1, 0.15) is 23.6 Å². The topological polar surface area (TPSA) is 26.3 Å². The minimum absolute atomic E-state index is 0.231. The lowest BCUT2D eigenvalue weighted by atomic mass is 9.95. The van der Waals surface area contributed by atoms with Crippen molar-refractivity contribution in [2.24, 2.45) is 0 Å². The maximum absolute atomic E-state index is 11.0. The molecule has 0 amide bonds. The van der Waals surface area contributed by atoms with E-state index in [0.717, 1.165) is 22.3 Å². The molecular formula is C17H15ClO2. The summed E-state index contributed by atoms with van der Waals surface area (Å²) in [5, 5.41) is 0.653. The van der Waals surface area contributed by atoms with E-state index < -0.39 is 0 Å². The van der Waals surface area contributed by atoms with E-state index in [9.17, 15) is 4.79 Å². The van der Waals surface area contributed by atoms with Gasteiger partial charge in [-0.15, -0.1) is 0 Å². The first-order valence-corrected chi connectivity index (χ1v) is 6.63. The van der Waals surface area contributed by atoms with Gasteiger partial charge in [0.2, 0.25) is 0 Å². The summed E-state index contributed by atoms with van der Waals surface area (Å²) >= 11 is 6.20. The average Bonchev–Trinajstić information content (AvgIpc) is 2.45. The van der Waals surface area contributed by atoms with Crippen LogP contribution in [0.4, 0.5) is 0 Å². The summed E-state index contributed by atoms with van der Waals surface area (Å²) in [6.45, 7) is 5.74. The van der Waals surface area contributed by atoms with Gasteiger partial charge in [-0.3, -0.25) is 4.79 Å². The Morgan fingerprint density at radius 3 is 2.35 bits per heavy atom. The van der Waals surface area contributed by atoms with Crippen molar-refractivity contribution < 1.29 is 9.53 Å². The summed E-state index contributed by atoms with van der Waals surface area (Å²) in [6.07, 6.45) is 0. The Bertz CT molecular complexity index is 647. The Morgan fingerprint density at radius 2 is 1.70 bits per heavy atom. The predicted octanol–water partition coefficient (Wildman–Crippen LogP) is 4.46. The quantitative estimate of drug-likeness (QED) is 0.776. The first kappa shape index (κ1) is 14.4. The number of rotatable bonds is 4. The van der Waals surface area contributed by atoms with E-state index >= 15 is 0 Å². The molecule has 0 radical (unpaired) electrons. The highest BCUT2D eigenvalue weighted by Gasteiger charge is 2.11. The fourth-order valence-corrected chi connectivity index (χ4v) is 2.22. The van der Waals surface area contributed by atoms with Crippen LogP contribution in [-0.4, -0.2) is 5.97 Å². The molecule has 0 aliphatic rings. The molecule has 0 atom stereocenters. The van der Waals surface area contributed by atoms with Crippen LogP contribution in [0.5, 0.6) is 0 Å². The monoisotopic (exact) mass is 286 g/mol. The zero-order valence-electron chi connectivity index (χ0n) is 11.2. The number of ether oxygens (including phenoxy) is 1. The van der Waals surface area contributed by atoms with Crippen molar-refractivity contribution in [2.45, 2.75) is 13.5 Å². The first-order valence-electron chi connectivity index (χ1n) is 6.25. The van der Waals surface area contributed by atoms with Gasteiger partial charge in [-0.25, -0.2) is 0 Å². The third-order valence-electron chi connectivity index (χ3n) is 2.97. The third kappa shape index (κ3) is 3.28. The van der Waals surface area contributed by atoms with Gasteiger partial charge in [0.25, 0.3) is 0 Å². The van der Waals surface area contributed by atoms with Gasteiger partial charge in [-0.1, -0.05) is 60.6 Å². The van der Waals surface area contributed by atoms with Gasteiger partial charge in [-0.2, -0.15) is 0 Å². The second kappa shape index (κ2) is 6.40. The molecule has 20 heavy (non-hydrogen) atoms. The summed E-state index contributed by atoms with van der Waals surface area (Å²) in [5.41, 5.74) is 3.54. The maximum Gasteiger partial charge on any atom is 0.302 e. The Morgan fingerprint density at radius 1 is 1.10 bits per heavy atom. The molecule has 102 valence electrons. The fourth-order valence-electron chi connectivity index (χ4n) is 1.97. The van der Waals surface area contributed by atoms with Crippen molar-refractivity contribution in [2.75, 3.05) is 0 Å². The van der Waals surface area contributed by atoms with Crippen molar-refractivity contribution in [1.82, 2.24) is 0 Å². The largest absolute Gasteiger partial charge is 0.461 e. The summed E-state index contributed by atoms with van der Waals surface area (Å²) in [6, 6.07) is 15.2. The van der Waals surface area contributed by atoms with Crippen LogP contribution in [0.3, 0.4) is 0 Å². The standard InChI is InChI=1S/C17H15ClO2/c1-12(16-9-5-6-10-17(16)18)15-8-4-3-7-14(15)11-20-13(2)19/h3-10H,1,11H2,2H3. The normalized spacial score (nSPS) is 10.1. The number of hydrogen-bond acceptors (Lipinski definition) is 2. The number of hydrogen-bond donors (Lipinski definition) is 0. The molecule has 0 fully saturated rings. The molecule has 2 rings (SSSR count). The van der Waals surface area contributed by atoms with Crippen LogP contribution >= 0.6 is 11.6 Å². The predicted molar refractivity (Wildman–Crippen MR) is 81.5 cm³/mol. The van der Waals surface area contributed by atoms with E-state index in [1.807, 2.05) is 48.5 Å². The van der Waals surface area contributed by atoms with Crippen molar-refractivity contribution in [3.05, 3.63) is 76.8 Å². The Labute approximate surface area is 123 Å². The molecule has 2 aromatic rings. The summed E-state index contributed by atoms with van der Waals surface area (Å²) in [7, 11) is 0. The molecule has 2 aromatic carbocycles. The molecular weight excluding hydrogens is 272 g/mol. The second-order valence-corrected chi connectivity index (χ2v) is 4.80. The summed E-state index contributed by atoms with van der Waals surface area (Å²) in [5.74, 6) is -0.303. The third-order valence-corrected chi connectivity index (χ3v) is 3.30. The molecule has 0 aromatic heterocycles. The highest BCUT2D eigenvalue weighted by Crippen LogP contribution is 2.30. The van der Waals surface area contributed by atoms with Gasteiger partial charge < -0.3 is 4.74 Å². The Balaban J connectivity index is 2.35. The SMILES string of the molecule is C=C(c1ccccc1Cl)c1ccccc1COC(C)=O. The van der Waals surface area contributed by atoms with Gasteiger partial charge in [-0.05, 0) is 22.8 Å². The molecule has 0 N–H and O–H groups in total. The zero-order chi connectivity index (χ0) is 14.5. The molecule has 0 bridgehead atoms. The Hall–Kier alpha value is -2.06. The van der Waals surface area contributed by atoms with Crippen LogP contribution in [-0.2, 0) is 16.1 Å². The highest BCUT2D eigenvalue weighted by atomic mass is 35.5. The van der Waals surface area contributed by atoms with Gasteiger partial charge in [0.15, 0.2) is 0 Å². The average molecular weight is 287 g/mol. The van der Waals surface area contributed by atoms with E-state index in [1.54, 1.807) is 0 Å². The van der Waals surface area contributed by atoms with Crippen molar-refractivity contribution in [3.8, 4) is 0 Å². The molecule has 2 nitrogen and oxygen atoms in total. The molecule has 0 saturated heterocycles. The summed E-state index contributed by atoms with van der Waals surface area (Å²) in [4.78, 5) is 11.0. The molecule has 0 saturated carbocycles. The lowest BCUT2D eigenvalue weighted by molar-refractivity contribution is -0.142. The fraction of sp³-hybridized carbons (Fsp3) is 0.118. The van der Waals surface area contributed by atoms with Crippen LogP contribution in [0.25, 0.3) is 5.57 Å². The van der Waals surface area contributed by atoms with Crippen LogP contribution < -0.4 is 0 Å². The summed E-state index contributed by atoms with van der Waals surface area (Å²) < 4.78 is 5.07. The van der Waals surface area contributed by atoms with E-state index in [-0.39, 0.29) is 12.6 Å². The maximum atomic E-state index is 11.0. The van der Waals surface area contributed by atoms with E-state index in [0.29, 0.717) is 5.02 Å². The minimum Gasteiger partial charge on any atom is -0.461 e. The van der Waals surface area contributed by atoms with Crippen molar-refractivity contribution in [1.29, 1.82) is 0 Å². The van der Waals surface area contributed by atoms with Crippen molar-refractivity contribution >= 4 is 23.1 Å². The highest BCUT2D eigenvalue weighted by molar-refractivity contribution is 6.32. The second-order valence-electron chi connectivity index (χ2n) is 4.40. The minimum atomic E-state index is -0.303. The van der Waals surface area contributed by atoms with E-state index in [1.165, 1.54) is 6.92 Å². The number of halogens is 1. The van der Waals surface area contributed by atoms with E-state index in [2.05, 4.69) is 6.58 Å². The lowest BCUT2D eigenvalue weighted by Gasteiger charge is -2.13. The molecule has 0 unspecified atom stereocenters. The number of esters is 1. The zero-order valence-corrected chi connectivity index (χ0v) is 12.0. The Kier molecular flexibility index (Phi) is 4.59. The van der Waals surface area contributed by atoms with Gasteiger partial charge in [0.1, 0.15) is 6.61 Å². The van der Waals surface area contributed by atoms with Crippen molar-refractivity contribution in [3.63, 3.8) is 0 Å². The van der Waals surface area contributed by atoms with Crippen LogP contribution in [0.15, 0.2) is 55.1 Å². The lowest BCUT2D eigenvalue weighted by Crippen LogP contribution is -2.02. The molecule has 0 heterocycles. The van der Waals surface area contributed by atoms with Crippen LogP contribution in [0.2, 0.25) is 5.02 Å². The van der Waals surface area contributed by atoms with Gasteiger partial charge in [0.05, 0.1) is 0 Å². The molecule has 0 spiro atoms.